The molecule has 1 aromatic carbocycles. The van der Waals surface area contributed by atoms with Crippen molar-refractivity contribution in [1.29, 1.82) is 0 Å². The SMILES string of the molecule is C/C=C(\C=C/CNSN)Cc1c(C)cc(O)cc1OC1CC(O)CC(CO)S1.CC. The molecule has 6 nitrogen and oxygen atoms in total. The minimum Gasteiger partial charge on any atom is -0.508 e. The van der Waals surface area contributed by atoms with Crippen molar-refractivity contribution in [3.8, 4) is 11.5 Å². The van der Waals surface area contributed by atoms with Crippen LogP contribution in [-0.2, 0) is 6.42 Å². The smallest absolute Gasteiger partial charge is 0.147 e. The molecule has 30 heavy (non-hydrogen) atoms. The Labute approximate surface area is 189 Å². The number of aryl methyl sites for hydroxylation is 1. The molecular weight excluding hydrogens is 420 g/mol. The third kappa shape index (κ3) is 8.91. The largest absolute Gasteiger partial charge is 0.508 e. The number of nitrogens with one attached hydrogen (secondary N) is 1. The predicted octanol–water partition coefficient (Wildman–Crippen LogP) is 3.84. The van der Waals surface area contributed by atoms with Crippen LogP contribution in [0.25, 0.3) is 0 Å². The number of aromatic hydroxyl groups is 1. The van der Waals surface area contributed by atoms with Crippen LogP contribution in [0, 0.1) is 6.92 Å². The van der Waals surface area contributed by atoms with Crippen molar-refractivity contribution < 1.29 is 20.1 Å². The first-order chi connectivity index (χ1) is 14.5. The normalized spacial score (nSPS) is 22.0. The topological polar surface area (TPSA) is 108 Å². The molecule has 0 radical (unpaired) electrons. The Morgan fingerprint density at radius 2 is 2.10 bits per heavy atom. The number of rotatable bonds is 9. The second-order valence-corrected chi connectivity index (χ2v) is 8.75. The molecule has 1 saturated heterocycles. The minimum absolute atomic E-state index is 0.0101. The Morgan fingerprint density at radius 1 is 1.37 bits per heavy atom. The lowest BCUT2D eigenvalue weighted by Gasteiger charge is -2.32. The number of phenolic OH excluding ortho intramolecular Hbond substituents is 1. The fourth-order valence-electron chi connectivity index (χ4n) is 3.15. The van der Waals surface area contributed by atoms with Gasteiger partial charge in [0.05, 0.1) is 12.7 Å². The highest BCUT2D eigenvalue weighted by atomic mass is 32.2. The molecule has 1 heterocycles. The summed E-state index contributed by atoms with van der Waals surface area (Å²) in [6.45, 7) is 8.61. The minimum atomic E-state index is -0.493. The summed E-state index contributed by atoms with van der Waals surface area (Å²) in [5, 5.41) is 34.9. The average molecular weight is 457 g/mol. The van der Waals surface area contributed by atoms with Crippen molar-refractivity contribution in [2.45, 2.75) is 63.7 Å². The lowest BCUT2D eigenvalue weighted by Crippen LogP contribution is -2.33. The van der Waals surface area contributed by atoms with Gasteiger partial charge in [-0.25, -0.2) is 4.72 Å². The van der Waals surface area contributed by atoms with E-state index in [1.165, 1.54) is 11.8 Å². The molecule has 3 atom stereocenters. The van der Waals surface area contributed by atoms with E-state index in [0.29, 0.717) is 31.6 Å². The molecule has 170 valence electrons. The molecule has 3 unspecified atom stereocenters. The summed E-state index contributed by atoms with van der Waals surface area (Å²) in [7, 11) is 0. The summed E-state index contributed by atoms with van der Waals surface area (Å²) >= 11 is 2.61. The summed E-state index contributed by atoms with van der Waals surface area (Å²) in [4.78, 5) is 0. The number of aliphatic hydroxyl groups is 2. The third-order valence-electron chi connectivity index (χ3n) is 4.59. The van der Waals surface area contributed by atoms with Crippen LogP contribution in [0.1, 0.15) is 44.7 Å². The molecule has 1 fully saturated rings. The molecule has 0 aromatic heterocycles. The van der Waals surface area contributed by atoms with Crippen LogP contribution in [-0.4, -0.2) is 45.3 Å². The molecule has 0 aliphatic carbocycles. The Bertz CT molecular complexity index is 698. The van der Waals surface area contributed by atoms with Crippen LogP contribution >= 0.6 is 23.9 Å². The number of hydrogen-bond donors (Lipinski definition) is 5. The fraction of sp³-hybridized carbons (Fsp3) is 0.545. The molecule has 1 aliphatic rings. The number of thioether (sulfide) groups is 1. The van der Waals surface area contributed by atoms with Crippen molar-refractivity contribution in [3.05, 3.63) is 47.1 Å². The first-order valence-corrected chi connectivity index (χ1v) is 12.1. The van der Waals surface area contributed by atoms with Gasteiger partial charge in [-0.3, -0.25) is 5.14 Å². The van der Waals surface area contributed by atoms with Gasteiger partial charge < -0.3 is 20.1 Å². The summed E-state index contributed by atoms with van der Waals surface area (Å²) in [6, 6.07) is 3.35. The maximum atomic E-state index is 10.1. The Kier molecular flexibility index (Phi) is 13.2. The zero-order valence-electron chi connectivity index (χ0n) is 18.3. The van der Waals surface area contributed by atoms with Crippen LogP contribution in [0.15, 0.2) is 35.9 Å². The molecule has 2 rings (SSSR count). The predicted molar refractivity (Wildman–Crippen MR) is 129 cm³/mol. The highest BCUT2D eigenvalue weighted by molar-refractivity contribution is 8.00. The molecule has 0 bridgehead atoms. The Morgan fingerprint density at radius 3 is 2.73 bits per heavy atom. The lowest BCUT2D eigenvalue weighted by atomic mass is 9.98. The number of hydrogen-bond acceptors (Lipinski definition) is 8. The molecule has 0 spiro atoms. The van der Waals surface area contributed by atoms with Gasteiger partial charge in [0, 0.05) is 48.4 Å². The molecule has 0 saturated carbocycles. The van der Waals surface area contributed by atoms with Crippen LogP contribution in [0.2, 0.25) is 0 Å². The fourth-order valence-corrected chi connectivity index (χ4v) is 4.68. The number of benzene rings is 1. The van der Waals surface area contributed by atoms with Crippen LogP contribution in [0.5, 0.6) is 11.5 Å². The highest BCUT2D eigenvalue weighted by Gasteiger charge is 2.30. The number of aliphatic hydroxyl groups excluding tert-OH is 2. The van der Waals surface area contributed by atoms with Gasteiger partial charge >= 0.3 is 0 Å². The number of phenols is 1. The zero-order valence-corrected chi connectivity index (χ0v) is 19.9. The highest BCUT2D eigenvalue weighted by Crippen LogP contribution is 2.37. The molecule has 1 aliphatic heterocycles. The maximum Gasteiger partial charge on any atom is 0.147 e. The lowest BCUT2D eigenvalue weighted by molar-refractivity contribution is 0.104. The van der Waals surface area contributed by atoms with Gasteiger partial charge in [-0.05, 0) is 37.5 Å². The first kappa shape index (κ1) is 26.9. The summed E-state index contributed by atoms with van der Waals surface area (Å²) < 4.78 is 9.15. The van der Waals surface area contributed by atoms with E-state index in [-0.39, 0.29) is 23.0 Å². The second kappa shape index (κ2) is 14.8. The van der Waals surface area contributed by atoms with Gasteiger partial charge in [0.2, 0.25) is 0 Å². The quantitative estimate of drug-likeness (QED) is 0.217. The molecule has 1 aromatic rings. The standard InChI is InChI=1S/C20H30N2O4S2.C2H6/c1-3-14(5-4-6-22-28-21)8-18-13(2)7-15(24)10-19(18)26-20-11-16(25)9-17(12-23)27-20;1-2/h3-5,7,10,16-17,20,22-25H,6,8-9,11-12,21H2,1-2H3;1-2H3/b5-4-,14-3+;. The van der Waals surface area contributed by atoms with Crippen molar-refractivity contribution >= 4 is 23.9 Å². The van der Waals surface area contributed by atoms with Gasteiger partial charge in [-0.1, -0.05) is 32.1 Å². The molecule has 8 heteroatoms. The first-order valence-electron chi connectivity index (χ1n) is 10.3. The van der Waals surface area contributed by atoms with Crippen molar-refractivity contribution in [2.75, 3.05) is 13.2 Å². The van der Waals surface area contributed by atoms with E-state index in [4.69, 9.17) is 9.88 Å². The molecule has 0 amide bonds. The second-order valence-electron chi connectivity index (χ2n) is 6.76. The summed E-state index contributed by atoms with van der Waals surface area (Å²) in [5.74, 6) is 0.766. The van der Waals surface area contributed by atoms with Gasteiger partial charge in [-0.15, -0.1) is 11.8 Å². The third-order valence-corrected chi connectivity index (χ3v) is 6.24. The van der Waals surface area contributed by atoms with Gasteiger partial charge in [0.15, 0.2) is 0 Å². The van der Waals surface area contributed by atoms with Crippen molar-refractivity contribution in [3.63, 3.8) is 0 Å². The number of ether oxygens (including phenoxy) is 1. The Hall–Kier alpha value is -1.16. The number of nitrogens with two attached hydrogens (primary N) is 1. The molecule has 6 N–H and O–H groups in total. The monoisotopic (exact) mass is 456 g/mol. The van der Waals surface area contributed by atoms with E-state index in [0.717, 1.165) is 28.8 Å². The Balaban J connectivity index is 0.00000218. The van der Waals surface area contributed by atoms with Crippen LogP contribution in [0.3, 0.4) is 0 Å². The average Bonchev–Trinajstić information content (AvgIpc) is 2.73. The van der Waals surface area contributed by atoms with E-state index in [1.54, 1.807) is 12.1 Å². The van der Waals surface area contributed by atoms with E-state index < -0.39 is 6.10 Å². The van der Waals surface area contributed by atoms with Crippen molar-refractivity contribution in [1.82, 2.24) is 4.72 Å². The molecular formula is C22H36N2O4S2. The van der Waals surface area contributed by atoms with E-state index >= 15 is 0 Å². The van der Waals surface area contributed by atoms with Gasteiger partial charge in [-0.2, -0.15) is 0 Å². The van der Waals surface area contributed by atoms with Crippen LogP contribution < -0.4 is 14.6 Å². The van der Waals surface area contributed by atoms with Crippen molar-refractivity contribution in [2.24, 2.45) is 5.14 Å². The van der Waals surface area contributed by atoms with E-state index in [2.05, 4.69) is 4.72 Å². The van der Waals surface area contributed by atoms with Gasteiger partial charge in [0.25, 0.3) is 0 Å². The zero-order chi connectivity index (χ0) is 22.5. The summed E-state index contributed by atoms with van der Waals surface area (Å²) in [5.41, 5.74) is 2.79. The summed E-state index contributed by atoms with van der Waals surface area (Å²) in [6.07, 6.45) is 7.32. The van der Waals surface area contributed by atoms with E-state index in [1.807, 2.05) is 45.9 Å². The van der Waals surface area contributed by atoms with Crippen LogP contribution in [0.4, 0.5) is 0 Å². The van der Waals surface area contributed by atoms with Gasteiger partial charge in [0.1, 0.15) is 16.9 Å². The maximum absolute atomic E-state index is 10.1. The number of allylic oxidation sites excluding steroid dienone is 3. The van der Waals surface area contributed by atoms with E-state index in [9.17, 15) is 15.3 Å².